The number of benzene rings is 1. The number of urea groups is 1. The molecule has 2 aliphatic rings. The van der Waals surface area contributed by atoms with Crippen LogP contribution in [0.4, 0.5) is 4.79 Å². The first-order valence-electron chi connectivity index (χ1n) is 8.50. The van der Waals surface area contributed by atoms with Crippen LogP contribution in [-0.2, 0) is 11.3 Å². The van der Waals surface area contributed by atoms with E-state index in [1.165, 1.54) is 4.90 Å². The lowest BCUT2D eigenvalue weighted by molar-refractivity contribution is -0.135. The molecule has 2 unspecified atom stereocenters. The average molecular weight is 350 g/mol. The van der Waals surface area contributed by atoms with Crippen molar-refractivity contribution < 1.29 is 9.59 Å². The van der Waals surface area contributed by atoms with Gasteiger partial charge in [-0.15, -0.1) is 0 Å². The molecule has 1 heterocycles. The summed E-state index contributed by atoms with van der Waals surface area (Å²) in [5.41, 5.74) is 0.287. The summed E-state index contributed by atoms with van der Waals surface area (Å²) in [6, 6.07) is 7.34. The molecule has 0 aromatic heterocycles. The summed E-state index contributed by atoms with van der Waals surface area (Å²) >= 11 is 6.19. The highest BCUT2D eigenvalue weighted by atomic mass is 35.5. The molecule has 0 bridgehead atoms. The number of carbonyl (C=O) groups is 2. The van der Waals surface area contributed by atoms with Crippen LogP contribution in [-0.4, -0.2) is 41.0 Å². The van der Waals surface area contributed by atoms with Gasteiger partial charge in [-0.25, -0.2) is 9.69 Å². The lowest BCUT2D eigenvalue weighted by Crippen LogP contribution is -2.54. The summed E-state index contributed by atoms with van der Waals surface area (Å²) < 4.78 is 0. The molecule has 1 aromatic rings. The van der Waals surface area contributed by atoms with Crippen molar-refractivity contribution in [3.05, 3.63) is 34.9 Å². The Morgan fingerprint density at radius 3 is 2.79 bits per heavy atom. The second kappa shape index (κ2) is 6.73. The average Bonchev–Trinajstić information content (AvgIpc) is 2.78. The van der Waals surface area contributed by atoms with E-state index in [0.29, 0.717) is 11.6 Å². The molecule has 3 rings (SSSR count). The highest BCUT2D eigenvalue weighted by Crippen LogP contribution is 2.38. The fraction of sp³-hybridized carbons (Fsp3) is 0.556. The third-order valence-corrected chi connectivity index (χ3v) is 5.65. The minimum absolute atomic E-state index is 0.0780. The van der Waals surface area contributed by atoms with Gasteiger partial charge in [0.05, 0.1) is 6.67 Å². The minimum Gasteiger partial charge on any atom is -0.323 e. The quantitative estimate of drug-likeness (QED) is 0.849. The number of halogens is 1. The molecule has 6 heteroatoms. The van der Waals surface area contributed by atoms with Crippen molar-refractivity contribution in [3.63, 3.8) is 0 Å². The van der Waals surface area contributed by atoms with Crippen LogP contribution in [0.15, 0.2) is 24.3 Å². The van der Waals surface area contributed by atoms with Gasteiger partial charge in [0.15, 0.2) is 0 Å². The van der Waals surface area contributed by atoms with Crippen molar-refractivity contribution >= 4 is 23.5 Å². The summed E-state index contributed by atoms with van der Waals surface area (Å²) in [6.07, 6.45) is 3.83. The zero-order chi connectivity index (χ0) is 17.3. The fourth-order valence-electron chi connectivity index (χ4n) is 3.83. The number of hydrogen-bond donors (Lipinski definition) is 1. The predicted molar refractivity (Wildman–Crippen MR) is 93.5 cm³/mol. The molecular weight excluding hydrogens is 326 g/mol. The molecule has 0 radical (unpaired) electrons. The molecule has 1 N–H and O–H groups in total. The van der Waals surface area contributed by atoms with Crippen LogP contribution in [0.25, 0.3) is 0 Å². The van der Waals surface area contributed by atoms with E-state index in [1.807, 2.05) is 36.2 Å². The molecule has 1 aliphatic heterocycles. The molecule has 24 heavy (non-hydrogen) atoms. The molecule has 1 saturated carbocycles. The largest absolute Gasteiger partial charge is 0.326 e. The minimum atomic E-state index is -0.694. The van der Waals surface area contributed by atoms with E-state index in [1.54, 1.807) is 0 Å². The lowest BCUT2D eigenvalue weighted by Gasteiger charge is -2.37. The van der Waals surface area contributed by atoms with E-state index in [4.69, 9.17) is 11.6 Å². The second-order valence-corrected chi connectivity index (χ2v) is 7.44. The van der Waals surface area contributed by atoms with Crippen molar-refractivity contribution in [2.75, 3.05) is 13.7 Å². The summed E-state index contributed by atoms with van der Waals surface area (Å²) in [6.45, 7) is 2.91. The Morgan fingerprint density at radius 2 is 2.08 bits per heavy atom. The van der Waals surface area contributed by atoms with Crippen LogP contribution >= 0.6 is 11.6 Å². The topological polar surface area (TPSA) is 52.7 Å². The molecule has 1 spiro atoms. The van der Waals surface area contributed by atoms with E-state index in [-0.39, 0.29) is 24.5 Å². The molecular formula is C18H24ClN3O2. The Balaban J connectivity index is 1.70. The maximum absolute atomic E-state index is 12.9. The van der Waals surface area contributed by atoms with Gasteiger partial charge in [0, 0.05) is 11.6 Å². The molecule has 5 nitrogen and oxygen atoms in total. The van der Waals surface area contributed by atoms with Crippen molar-refractivity contribution in [2.45, 2.75) is 44.7 Å². The molecule has 1 aromatic carbocycles. The van der Waals surface area contributed by atoms with Crippen LogP contribution in [0.2, 0.25) is 5.02 Å². The van der Waals surface area contributed by atoms with Gasteiger partial charge < -0.3 is 5.32 Å². The second-order valence-electron chi connectivity index (χ2n) is 7.03. The maximum Gasteiger partial charge on any atom is 0.326 e. The zero-order valence-corrected chi connectivity index (χ0v) is 15.0. The number of nitrogens with one attached hydrogen (secondary N) is 1. The SMILES string of the molecule is CC1CCCCC12NC(=O)N(CN(C)Cc1ccccc1Cl)C2=O. The Bertz CT molecular complexity index is 651. The molecule has 2 atom stereocenters. The van der Waals surface area contributed by atoms with Crippen LogP contribution in [0, 0.1) is 5.92 Å². The molecule has 130 valence electrons. The number of imide groups is 1. The third kappa shape index (κ3) is 3.03. The van der Waals surface area contributed by atoms with Crippen molar-refractivity contribution in [3.8, 4) is 0 Å². The highest BCUT2D eigenvalue weighted by Gasteiger charge is 2.54. The van der Waals surface area contributed by atoms with Gasteiger partial charge in [0.25, 0.3) is 5.91 Å². The smallest absolute Gasteiger partial charge is 0.323 e. The van der Waals surface area contributed by atoms with Gasteiger partial charge in [-0.05, 0) is 37.4 Å². The number of carbonyl (C=O) groups excluding carboxylic acids is 2. The summed E-state index contributed by atoms with van der Waals surface area (Å²) in [4.78, 5) is 28.6. The van der Waals surface area contributed by atoms with Gasteiger partial charge in [0.2, 0.25) is 0 Å². The molecule has 3 amide bonds. The van der Waals surface area contributed by atoms with Crippen molar-refractivity contribution in [1.29, 1.82) is 0 Å². The highest BCUT2D eigenvalue weighted by molar-refractivity contribution is 6.31. The van der Waals surface area contributed by atoms with Crippen molar-refractivity contribution in [2.24, 2.45) is 5.92 Å². The van der Waals surface area contributed by atoms with Crippen LogP contribution in [0.3, 0.4) is 0 Å². The molecule has 1 aliphatic carbocycles. The Hall–Kier alpha value is -1.59. The van der Waals surface area contributed by atoms with E-state index < -0.39 is 5.54 Å². The van der Waals surface area contributed by atoms with Gasteiger partial charge in [-0.1, -0.05) is 49.6 Å². The van der Waals surface area contributed by atoms with Gasteiger partial charge in [-0.3, -0.25) is 9.69 Å². The van der Waals surface area contributed by atoms with Crippen LogP contribution in [0.5, 0.6) is 0 Å². The summed E-state index contributed by atoms with van der Waals surface area (Å²) in [5.74, 6) is 0.104. The third-order valence-electron chi connectivity index (χ3n) is 5.28. The number of amides is 3. The van der Waals surface area contributed by atoms with E-state index >= 15 is 0 Å². The molecule has 2 fully saturated rings. The van der Waals surface area contributed by atoms with Gasteiger partial charge in [-0.2, -0.15) is 0 Å². The zero-order valence-electron chi connectivity index (χ0n) is 14.2. The van der Waals surface area contributed by atoms with Gasteiger partial charge >= 0.3 is 6.03 Å². The Kier molecular flexibility index (Phi) is 4.83. The molecule has 1 saturated heterocycles. The first-order valence-corrected chi connectivity index (χ1v) is 8.88. The first-order chi connectivity index (χ1) is 11.4. The number of rotatable bonds is 4. The van der Waals surface area contributed by atoms with E-state index in [0.717, 1.165) is 31.2 Å². The number of hydrogen-bond acceptors (Lipinski definition) is 3. The fourth-order valence-corrected chi connectivity index (χ4v) is 4.03. The standard InChI is InChI=1S/C18H24ClN3O2/c1-13-7-5-6-10-18(13)16(23)22(17(24)20-18)12-21(2)11-14-8-3-4-9-15(14)19/h3-4,8-9,13H,5-7,10-12H2,1-2H3,(H,20,24). The van der Waals surface area contributed by atoms with Crippen LogP contribution in [0.1, 0.15) is 38.2 Å². The summed E-state index contributed by atoms with van der Waals surface area (Å²) in [5, 5.41) is 3.68. The van der Waals surface area contributed by atoms with Gasteiger partial charge in [0.1, 0.15) is 5.54 Å². The summed E-state index contributed by atoms with van der Waals surface area (Å²) in [7, 11) is 1.89. The predicted octanol–water partition coefficient (Wildman–Crippen LogP) is 3.23. The number of nitrogens with zero attached hydrogens (tertiary/aromatic N) is 2. The Labute approximate surface area is 147 Å². The van der Waals surface area contributed by atoms with Crippen molar-refractivity contribution in [1.82, 2.24) is 15.1 Å². The normalized spacial score (nSPS) is 27.2. The van der Waals surface area contributed by atoms with E-state index in [2.05, 4.69) is 12.2 Å². The lowest BCUT2D eigenvalue weighted by atomic mass is 9.73. The Morgan fingerprint density at radius 1 is 1.33 bits per heavy atom. The first kappa shape index (κ1) is 17.2. The monoisotopic (exact) mass is 349 g/mol. The van der Waals surface area contributed by atoms with Crippen LogP contribution < -0.4 is 5.32 Å². The van der Waals surface area contributed by atoms with E-state index in [9.17, 15) is 9.59 Å². The maximum atomic E-state index is 12.9.